The summed E-state index contributed by atoms with van der Waals surface area (Å²) < 4.78 is 0. The molecule has 0 amide bonds. The summed E-state index contributed by atoms with van der Waals surface area (Å²) in [4.78, 5) is 22.8. The lowest BCUT2D eigenvalue weighted by molar-refractivity contribution is -0.159. The van der Waals surface area contributed by atoms with Crippen LogP contribution in [0.15, 0.2) is 24.3 Å². The smallest absolute Gasteiger partial charge is 0.308 e. The van der Waals surface area contributed by atoms with E-state index in [1.165, 1.54) is 0 Å². The van der Waals surface area contributed by atoms with E-state index in [9.17, 15) is 24.9 Å². The fourth-order valence-corrected chi connectivity index (χ4v) is 3.16. The van der Waals surface area contributed by atoms with Gasteiger partial charge < -0.3 is 15.3 Å². The number of aliphatic hydroxyl groups is 1. The normalized spacial score (nSPS) is 29.9. The molecule has 0 saturated heterocycles. The lowest BCUT2D eigenvalue weighted by Gasteiger charge is -2.37. The van der Waals surface area contributed by atoms with Gasteiger partial charge in [-0.2, -0.15) is 0 Å². The zero-order valence-electron chi connectivity index (χ0n) is 11.2. The summed E-state index contributed by atoms with van der Waals surface area (Å²) in [6, 6.07) is 7.21. The summed E-state index contributed by atoms with van der Waals surface area (Å²) in [5.41, 5.74) is 1.59. The predicted octanol–water partition coefficient (Wildman–Crippen LogP) is 1.63. The third-order valence-electron chi connectivity index (χ3n) is 4.16. The molecule has 1 aromatic carbocycles. The topological polar surface area (TPSA) is 94.8 Å². The number of carboxylic acid groups (broad SMARTS) is 2. The minimum Gasteiger partial charge on any atom is -0.481 e. The first-order valence-corrected chi connectivity index (χ1v) is 6.62. The quantitative estimate of drug-likeness (QED) is 0.781. The van der Waals surface area contributed by atoms with Crippen LogP contribution in [0.3, 0.4) is 0 Å². The molecule has 0 unspecified atom stereocenters. The molecular formula is C15H18O5. The second-order valence-corrected chi connectivity index (χ2v) is 5.34. The molecule has 5 heteroatoms. The van der Waals surface area contributed by atoms with Gasteiger partial charge in [0.2, 0.25) is 0 Å². The Balaban J connectivity index is 2.48. The molecule has 2 rings (SSSR count). The maximum absolute atomic E-state index is 11.5. The second-order valence-electron chi connectivity index (χ2n) is 5.34. The highest BCUT2D eigenvalue weighted by Crippen LogP contribution is 2.42. The van der Waals surface area contributed by atoms with Crippen molar-refractivity contribution < 1.29 is 24.9 Å². The number of aliphatic carboxylic acids is 2. The van der Waals surface area contributed by atoms with E-state index < -0.39 is 35.8 Å². The van der Waals surface area contributed by atoms with Gasteiger partial charge in [-0.15, -0.1) is 0 Å². The molecule has 0 spiro atoms. The number of aryl methyl sites for hydroxylation is 1. The predicted molar refractivity (Wildman–Crippen MR) is 71.4 cm³/mol. The molecule has 0 aromatic heterocycles. The van der Waals surface area contributed by atoms with Crippen molar-refractivity contribution in [2.75, 3.05) is 0 Å². The SMILES string of the molecule is Cc1ccccc1[C@H]1[C@@H](C(=O)O)[C@@H](C(=O)O)CC[C@@H]1O. The highest BCUT2D eigenvalue weighted by molar-refractivity contribution is 5.81. The number of hydrogen-bond acceptors (Lipinski definition) is 3. The first-order chi connectivity index (χ1) is 9.43. The molecular weight excluding hydrogens is 260 g/mol. The lowest BCUT2D eigenvalue weighted by atomic mass is 9.67. The van der Waals surface area contributed by atoms with Crippen LogP contribution in [0, 0.1) is 18.8 Å². The fourth-order valence-electron chi connectivity index (χ4n) is 3.16. The van der Waals surface area contributed by atoms with Crippen molar-refractivity contribution >= 4 is 11.9 Å². The molecule has 4 atom stereocenters. The molecule has 5 nitrogen and oxygen atoms in total. The standard InChI is InChI=1S/C15H18O5/c1-8-4-2-3-5-9(8)12-11(16)7-6-10(14(17)18)13(12)15(19)20/h2-5,10-13,16H,6-7H2,1H3,(H,17,18)(H,19,20)/t10-,11-,12+,13-/m0/s1. The minimum atomic E-state index is -1.16. The van der Waals surface area contributed by atoms with Gasteiger partial charge >= 0.3 is 11.9 Å². The number of carboxylic acids is 2. The Labute approximate surface area is 116 Å². The van der Waals surface area contributed by atoms with Gasteiger partial charge in [-0.05, 0) is 30.9 Å². The highest BCUT2D eigenvalue weighted by Gasteiger charge is 2.47. The fraction of sp³-hybridized carbons (Fsp3) is 0.467. The zero-order valence-corrected chi connectivity index (χ0v) is 11.2. The minimum absolute atomic E-state index is 0.190. The largest absolute Gasteiger partial charge is 0.481 e. The van der Waals surface area contributed by atoms with Gasteiger partial charge in [0.25, 0.3) is 0 Å². The van der Waals surface area contributed by atoms with Crippen molar-refractivity contribution in [3.63, 3.8) is 0 Å². The van der Waals surface area contributed by atoms with E-state index in [-0.39, 0.29) is 6.42 Å². The Bertz CT molecular complexity index is 525. The summed E-state index contributed by atoms with van der Waals surface area (Å²) in [5.74, 6) is -5.01. The van der Waals surface area contributed by atoms with Crippen molar-refractivity contribution in [3.05, 3.63) is 35.4 Å². The van der Waals surface area contributed by atoms with E-state index >= 15 is 0 Å². The van der Waals surface area contributed by atoms with Gasteiger partial charge in [-0.25, -0.2) is 0 Å². The Hall–Kier alpha value is -1.88. The average molecular weight is 278 g/mol. The van der Waals surface area contributed by atoms with Crippen molar-refractivity contribution in [1.29, 1.82) is 0 Å². The molecule has 0 bridgehead atoms. The van der Waals surface area contributed by atoms with Crippen molar-refractivity contribution in [1.82, 2.24) is 0 Å². The number of benzene rings is 1. The van der Waals surface area contributed by atoms with Crippen LogP contribution in [0.1, 0.15) is 29.9 Å². The molecule has 1 fully saturated rings. The monoisotopic (exact) mass is 278 g/mol. The van der Waals surface area contributed by atoms with E-state index in [2.05, 4.69) is 0 Å². The molecule has 108 valence electrons. The Morgan fingerprint density at radius 2 is 1.75 bits per heavy atom. The van der Waals surface area contributed by atoms with Crippen LogP contribution in [0.25, 0.3) is 0 Å². The maximum Gasteiger partial charge on any atom is 0.308 e. The summed E-state index contributed by atoms with van der Waals surface area (Å²) in [5, 5.41) is 28.9. The van der Waals surface area contributed by atoms with Crippen LogP contribution in [-0.4, -0.2) is 33.4 Å². The van der Waals surface area contributed by atoms with Gasteiger partial charge in [0, 0.05) is 5.92 Å². The molecule has 1 aliphatic rings. The van der Waals surface area contributed by atoms with E-state index in [4.69, 9.17) is 0 Å². The van der Waals surface area contributed by atoms with E-state index in [1.54, 1.807) is 12.1 Å². The van der Waals surface area contributed by atoms with Crippen LogP contribution in [0.2, 0.25) is 0 Å². The van der Waals surface area contributed by atoms with Gasteiger partial charge in [0.05, 0.1) is 17.9 Å². The molecule has 3 N–H and O–H groups in total. The molecule has 20 heavy (non-hydrogen) atoms. The molecule has 1 aliphatic carbocycles. The highest BCUT2D eigenvalue weighted by atomic mass is 16.4. The molecule has 1 aromatic rings. The summed E-state index contributed by atoms with van der Waals surface area (Å²) in [6.45, 7) is 1.84. The Kier molecular flexibility index (Phi) is 4.09. The maximum atomic E-state index is 11.5. The van der Waals surface area contributed by atoms with Crippen molar-refractivity contribution in [2.45, 2.75) is 31.8 Å². The summed E-state index contributed by atoms with van der Waals surface area (Å²) in [6.07, 6.45) is -0.330. The average Bonchev–Trinajstić information content (AvgIpc) is 2.38. The van der Waals surface area contributed by atoms with Gasteiger partial charge in [0.1, 0.15) is 0 Å². The van der Waals surface area contributed by atoms with Crippen LogP contribution < -0.4 is 0 Å². The Morgan fingerprint density at radius 3 is 2.30 bits per heavy atom. The number of aliphatic hydroxyl groups excluding tert-OH is 1. The third-order valence-corrected chi connectivity index (χ3v) is 4.16. The van der Waals surface area contributed by atoms with Crippen LogP contribution in [0.5, 0.6) is 0 Å². The summed E-state index contributed by atoms with van der Waals surface area (Å²) >= 11 is 0. The number of rotatable bonds is 3. The first kappa shape index (κ1) is 14.5. The van der Waals surface area contributed by atoms with Gasteiger partial charge in [-0.1, -0.05) is 24.3 Å². The first-order valence-electron chi connectivity index (χ1n) is 6.62. The lowest BCUT2D eigenvalue weighted by Crippen LogP contribution is -2.43. The van der Waals surface area contributed by atoms with Crippen LogP contribution in [0.4, 0.5) is 0 Å². The molecule has 0 radical (unpaired) electrons. The van der Waals surface area contributed by atoms with Gasteiger partial charge in [0.15, 0.2) is 0 Å². The van der Waals surface area contributed by atoms with Crippen molar-refractivity contribution in [2.24, 2.45) is 11.8 Å². The molecule has 1 saturated carbocycles. The zero-order chi connectivity index (χ0) is 14.9. The molecule has 0 heterocycles. The second kappa shape index (κ2) is 5.63. The van der Waals surface area contributed by atoms with E-state index in [0.29, 0.717) is 6.42 Å². The van der Waals surface area contributed by atoms with Gasteiger partial charge in [-0.3, -0.25) is 9.59 Å². The summed E-state index contributed by atoms with van der Waals surface area (Å²) in [7, 11) is 0. The van der Waals surface area contributed by atoms with E-state index in [1.807, 2.05) is 19.1 Å². The number of hydrogen-bond donors (Lipinski definition) is 3. The number of carbonyl (C=O) groups is 2. The van der Waals surface area contributed by atoms with Crippen LogP contribution >= 0.6 is 0 Å². The van der Waals surface area contributed by atoms with E-state index in [0.717, 1.165) is 11.1 Å². The Morgan fingerprint density at radius 1 is 1.10 bits per heavy atom. The van der Waals surface area contributed by atoms with Crippen molar-refractivity contribution in [3.8, 4) is 0 Å². The van der Waals surface area contributed by atoms with Crippen LogP contribution in [-0.2, 0) is 9.59 Å². The molecule has 0 aliphatic heterocycles. The third kappa shape index (κ3) is 2.54.